The van der Waals surface area contributed by atoms with Crippen molar-refractivity contribution in [1.82, 2.24) is 10.3 Å². The minimum Gasteiger partial charge on any atom is -0.351 e. The van der Waals surface area contributed by atoms with Crippen LogP contribution in [0.25, 0.3) is 22.0 Å². The van der Waals surface area contributed by atoms with E-state index in [0.29, 0.717) is 11.9 Å². The second-order valence-corrected chi connectivity index (χ2v) is 8.91. The summed E-state index contributed by atoms with van der Waals surface area (Å²) >= 11 is 0. The molecule has 0 unspecified atom stereocenters. The van der Waals surface area contributed by atoms with Gasteiger partial charge in [0.05, 0.1) is 0 Å². The van der Waals surface area contributed by atoms with Gasteiger partial charge in [-0.25, -0.2) is 4.79 Å². The van der Waals surface area contributed by atoms with Crippen LogP contribution in [0.15, 0.2) is 42.5 Å². The molecule has 6 heteroatoms. The molecule has 3 aromatic rings. The minimum absolute atomic E-state index is 0.552. The number of nitrogens with two attached hydrogens (primary N) is 2. The largest absolute Gasteiger partial charge is 0.351 e. The smallest absolute Gasteiger partial charge is 0.317 e. The lowest BCUT2D eigenvalue weighted by Gasteiger charge is -2.20. The van der Waals surface area contributed by atoms with Crippen molar-refractivity contribution in [2.75, 3.05) is 5.32 Å². The first-order valence-corrected chi connectivity index (χ1v) is 10.7. The number of fused-ring (bicyclic) bond motifs is 1. The van der Waals surface area contributed by atoms with E-state index >= 15 is 0 Å². The van der Waals surface area contributed by atoms with Gasteiger partial charge in [0.2, 0.25) is 0 Å². The van der Waals surface area contributed by atoms with Gasteiger partial charge in [-0.3, -0.25) is 5.32 Å². The molecular weight excluding hydrogens is 374 g/mol. The molecule has 0 aliphatic heterocycles. The molecule has 1 aliphatic rings. The van der Waals surface area contributed by atoms with Crippen LogP contribution in [0.4, 0.5) is 10.6 Å². The maximum atomic E-state index is 11.5. The zero-order chi connectivity index (χ0) is 21.3. The second-order valence-electron chi connectivity index (χ2n) is 8.91. The van der Waals surface area contributed by atoms with E-state index in [1.165, 1.54) is 31.2 Å². The van der Waals surface area contributed by atoms with Crippen molar-refractivity contribution in [2.45, 2.75) is 57.7 Å². The topological polar surface area (TPSA) is 109 Å². The molecule has 1 fully saturated rings. The molecule has 0 saturated heterocycles. The van der Waals surface area contributed by atoms with Crippen LogP contribution >= 0.6 is 0 Å². The number of carbonyl (C=O) groups is 1. The third-order valence-electron chi connectivity index (χ3n) is 5.90. The van der Waals surface area contributed by atoms with E-state index in [0.717, 1.165) is 34.1 Å². The zero-order valence-electron chi connectivity index (χ0n) is 17.7. The molecule has 2 amide bonds. The SMILES string of the molecule is CC(C)(N)c1c(NC(N)=O)[nH]c2cc(-c3cccc(CNC4CCCC4)c3)ccc12. The van der Waals surface area contributed by atoms with Crippen LogP contribution in [0, 0.1) is 0 Å². The molecule has 0 bridgehead atoms. The predicted molar refractivity (Wildman–Crippen MR) is 123 cm³/mol. The maximum Gasteiger partial charge on any atom is 0.317 e. The van der Waals surface area contributed by atoms with Gasteiger partial charge in [0.1, 0.15) is 5.82 Å². The molecule has 0 spiro atoms. The molecule has 4 rings (SSSR count). The zero-order valence-corrected chi connectivity index (χ0v) is 17.7. The Morgan fingerprint density at radius 2 is 1.87 bits per heavy atom. The Bertz CT molecular complexity index is 1060. The number of carbonyl (C=O) groups excluding carboxylic acids is 1. The van der Waals surface area contributed by atoms with Gasteiger partial charge < -0.3 is 21.8 Å². The van der Waals surface area contributed by atoms with E-state index in [1.807, 2.05) is 13.8 Å². The van der Waals surface area contributed by atoms with Crippen molar-refractivity contribution in [3.63, 3.8) is 0 Å². The fourth-order valence-electron chi connectivity index (χ4n) is 4.52. The van der Waals surface area contributed by atoms with Crippen LogP contribution < -0.4 is 22.1 Å². The number of H-pyrrole nitrogens is 1. The lowest BCUT2D eigenvalue weighted by molar-refractivity contribution is 0.259. The molecular formula is C24H31N5O. The fourth-order valence-corrected chi connectivity index (χ4v) is 4.52. The summed E-state index contributed by atoms with van der Waals surface area (Å²) in [7, 11) is 0. The van der Waals surface area contributed by atoms with Gasteiger partial charge in [-0.2, -0.15) is 0 Å². The summed E-state index contributed by atoms with van der Waals surface area (Å²) in [5, 5.41) is 7.34. The summed E-state index contributed by atoms with van der Waals surface area (Å²) < 4.78 is 0. The summed E-state index contributed by atoms with van der Waals surface area (Å²) in [6.07, 6.45) is 5.24. The summed E-state index contributed by atoms with van der Waals surface area (Å²) in [5.41, 5.74) is 16.4. The van der Waals surface area contributed by atoms with Gasteiger partial charge in [0, 0.05) is 34.6 Å². The number of hydrogen-bond donors (Lipinski definition) is 5. The first kappa shape index (κ1) is 20.4. The molecule has 1 heterocycles. The van der Waals surface area contributed by atoms with Crippen molar-refractivity contribution < 1.29 is 4.79 Å². The van der Waals surface area contributed by atoms with Gasteiger partial charge in [0.25, 0.3) is 0 Å². The predicted octanol–water partition coefficient (Wildman–Crippen LogP) is 4.55. The Labute approximate surface area is 177 Å². The minimum atomic E-state index is -0.636. The molecule has 1 aliphatic carbocycles. The van der Waals surface area contributed by atoms with Crippen LogP contribution in [0.5, 0.6) is 0 Å². The number of anilines is 1. The molecule has 2 aromatic carbocycles. The normalized spacial score (nSPS) is 15.0. The first-order valence-electron chi connectivity index (χ1n) is 10.7. The number of aromatic amines is 1. The van der Waals surface area contributed by atoms with Crippen LogP contribution in [0.2, 0.25) is 0 Å². The van der Waals surface area contributed by atoms with Crippen LogP contribution in [0.3, 0.4) is 0 Å². The highest BCUT2D eigenvalue weighted by Gasteiger charge is 2.25. The van der Waals surface area contributed by atoms with Crippen LogP contribution in [-0.2, 0) is 12.1 Å². The molecule has 7 N–H and O–H groups in total. The van der Waals surface area contributed by atoms with Gasteiger partial charge >= 0.3 is 6.03 Å². The van der Waals surface area contributed by atoms with Crippen molar-refractivity contribution in [3.05, 3.63) is 53.6 Å². The number of nitrogens with one attached hydrogen (secondary N) is 3. The second kappa shape index (κ2) is 8.13. The van der Waals surface area contributed by atoms with Crippen molar-refractivity contribution >= 4 is 22.8 Å². The average molecular weight is 406 g/mol. The molecule has 0 radical (unpaired) electrons. The fraction of sp³-hybridized carbons (Fsp3) is 0.375. The number of hydrogen-bond acceptors (Lipinski definition) is 3. The quantitative estimate of drug-likeness (QED) is 0.415. The molecule has 1 saturated carbocycles. The van der Waals surface area contributed by atoms with E-state index in [2.05, 4.69) is 58.1 Å². The van der Waals surface area contributed by atoms with Crippen molar-refractivity contribution in [1.29, 1.82) is 0 Å². The first-order chi connectivity index (χ1) is 14.3. The molecule has 1 aromatic heterocycles. The summed E-state index contributed by atoms with van der Waals surface area (Å²) in [4.78, 5) is 14.7. The highest BCUT2D eigenvalue weighted by Crippen LogP contribution is 2.36. The van der Waals surface area contributed by atoms with E-state index < -0.39 is 11.6 Å². The highest BCUT2D eigenvalue weighted by atomic mass is 16.2. The number of aromatic nitrogens is 1. The maximum absolute atomic E-state index is 11.5. The van der Waals surface area contributed by atoms with Gasteiger partial charge in [-0.1, -0.05) is 43.2 Å². The Hall–Kier alpha value is -2.83. The van der Waals surface area contributed by atoms with Crippen molar-refractivity contribution in [3.8, 4) is 11.1 Å². The lowest BCUT2D eigenvalue weighted by atomic mass is 9.93. The number of urea groups is 1. The third kappa shape index (κ3) is 4.35. The number of amides is 2. The van der Waals surface area contributed by atoms with Crippen LogP contribution in [0.1, 0.15) is 50.7 Å². The van der Waals surface area contributed by atoms with E-state index in [4.69, 9.17) is 11.5 Å². The Kier molecular flexibility index (Phi) is 5.54. The van der Waals surface area contributed by atoms with E-state index in [1.54, 1.807) is 0 Å². The van der Waals surface area contributed by atoms with Crippen molar-refractivity contribution in [2.24, 2.45) is 11.5 Å². The number of benzene rings is 2. The Balaban J connectivity index is 1.65. The van der Waals surface area contributed by atoms with Crippen LogP contribution in [-0.4, -0.2) is 17.1 Å². The van der Waals surface area contributed by atoms with Gasteiger partial charge in [-0.15, -0.1) is 0 Å². The lowest BCUT2D eigenvalue weighted by Crippen LogP contribution is -2.31. The molecule has 30 heavy (non-hydrogen) atoms. The monoisotopic (exact) mass is 405 g/mol. The van der Waals surface area contributed by atoms with E-state index in [9.17, 15) is 4.79 Å². The summed E-state index contributed by atoms with van der Waals surface area (Å²) in [6.45, 7) is 4.72. The molecule has 158 valence electrons. The third-order valence-corrected chi connectivity index (χ3v) is 5.90. The Morgan fingerprint density at radius 1 is 1.13 bits per heavy atom. The summed E-state index contributed by atoms with van der Waals surface area (Å²) in [6, 6.07) is 14.9. The molecule has 0 atom stereocenters. The number of rotatable bonds is 6. The Morgan fingerprint density at radius 3 is 2.57 bits per heavy atom. The number of primary amides is 1. The average Bonchev–Trinajstić information content (AvgIpc) is 3.32. The summed E-state index contributed by atoms with van der Waals surface area (Å²) in [5.74, 6) is 0.552. The van der Waals surface area contributed by atoms with Gasteiger partial charge in [-0.05, 0) is 55.5 Å². The molecule has 6 nitrogen and oxygen atoms in total. The van der Waals surface area contributed by atoms with Gasteiger partial charge in [0.15, 0.2) is 0 Å². The standard InChI is InChI=1S/C24H31N5O/c1-24(2,26)21-19-11-10-17(13-20(19)28-22(21)29-23(25)30)16-7-5-6-15(12-16)14-27-18-8-3-4-9-18/h5-7,10-13,18,27-28H,3-4,8-9,14,26H2,1-2H3,(H3,25,29,30). The highest BCUT2D eigenvalue weighted by molar-refractivity contribution is 5.97. The van der Waals surface area contributed by atoms with E-state index in [-0.39, 0.29) is 0 Å².